The molecule has 0 fully saturated rings. The zero-order valence-corrected chi connectivity index (χ0v) is 12.4. The van der Waals surface area contributed by atoms with Crippen molar-refractivity contribution in [3.05, 3.63) is 54.1 Å². The maximum atomic E-state index is 12.6. The molecule has 0 radical (unpaired) electrons. The Morgan fingerprint density at radius 3 is 2.23 bits per heavy atom. The molecule has 0 spiro atoms. The van der Waals surface area contributed by atoms with Crippen LogP contribution in [0, 0.1) is 0 Å². The summed E-state index contributed by atoms with van der Waals surface area (Å²) in [5.74, 6) is 0.697. The summed E-state index contributed by atoms with van der Waals surface area (Å²) < 4.78 is 42.9. The Labute approximate surface area is 131 Å². The van der Waals surface area contributed by atoms with Crippen LogP contribution in [-0.2, 0) is 6.18 Å². The topological polar surface area (TPSA) is 33.3 Å². The summed E-state index contributed by atoms with van der Waals surface area (Å²) in [4.78, 5) is 0. The van der Waals surface area contributed by atoms with Gasteiger partial charge in [-0.3, -0.25) is 0 Å². The van der Waals surface area contributed by atoms with Gasteiger partial charge in [-0.1, -0.05) is 6.07 Å². The lowest BCUT2D eigenvalue weighted by Gasteiger charge is -2.13. The summed E-state index contributed by atoms with van der Waals surface area (Å²) in [6, 6.07) is 11.8. The average molecular weight is 326 g/mol. The third-order valence-electron chi connectivity index (χ3n) is 2.80. The third kappa shape index (κ3) is 4.36. The van der Waals surface area contributed by atoms with Gasteiger partial charge >= 0.3 is 6.18 Å². The van der Waals surface area contributed by atoms with Crippen molar-refractivity contribution in [3.63, 3.8) is 0 Å². The Hall–Kier alpha value is -2.28. The first kappa shape index (κ1) is 16.1. The van der Waals surface area contributed by atoms with Gasteiger partial charge in [-0.15, -0.1) is 0 Å². The number of nitrogens with one attached hydrogen (secondary N) is 2. The molecule has 0 aliphatic heterocycles. The normalized spacial score (nSPS) is 10.9. The van der Waals surface area contributed by atoms with Crippen LogP contribution in [0.25, 0.3) is 0 Å². The number of alkyl halides is 3. The van der Waals surface area contributed by atoms with Crippen molar-refractivity contribution in [2.75, 3.05) is 17.7 Å². The second kappa shape index (κ2) is 6.65. The Balaban J connectivity index is 2.02. The van der Waals surface area contributed by atoms with Crippen molar-refractivity contribution in [2.24, 2.45) is 0 Å². The van der Waals surface area contributed by atoms with Crippen LogP contribution in [0.2, 0.25) is 0 Å². The Bertz CT molecular complexity index is 657. The maximum absolute atomic E-state index is 12.6. The molecule has 2 rings (SSSR count). The van der Waals surface area contributed by atoms with E-state index in [0.717, 1.165) is 12.1 Å². The number of methoxy groups -OCH3 is 1. The van der Waals surface area contributed by atoms with Gasteiger partial charge in [0.05, 0.1) is 12.7 Å². The van der Waals surface area contributed by atoms with Crippen LogP contribution in [0.15, 0.2) is 48.5 Å². The van der Waals surface area contributed by atoms with E-state index in [9.17, 15) is 13.2 Å². The molecule has 2 N–H and O–H groups in total. The Morgan fingerprint density at radius 2 is 1.64 bits per heavy atom. The van der Waals surface area contributed by atoms with E-state index in [1.54, 1.807) is 31.4 Å². The largest absolute Gasteiger partial charge is 0.497 e. The van der Waals surface area contributed by atoms with Crippen LogP contribution in [0.5, 0.6) is 5.75 Å². The number of benzene rings is 2. The van der Waals surface area contributed by atoms with Gasteiger partial charge in [0, 0.05) is 11.4 Å². The first-order valence-corrected chi connectivity index (χ1v) is 6.68. The van der Waals surface area contributed by atoms with Crippen LogP contribution in [0.3, 0.4) is 0 Å². The number of halogens is 3. The molecule has 22 heavy (non-hydrogen) atoms. The number of anilines is 2. The second-order valence-corrected chi connectivity index (χ2v) is 4.79. The number of hydrogen-bond donors (Lipinski definition) is 2. The smallest absolute Gasteiger partial charge is 0.416 e. The number of rotatable bonds is 3. The van der Waals surface area contributed by atoms with Crippen LogP contribution in [0.4, 0.5) is 24.5 Å². The van der Waals surface area contributed by atoms with Crippen LogP contribution >= 0.6 is 12.2 Å². The summed E-state index contributed by atoms with van der Waals surface area (Å²) in [5.41, 5.74) is 0.232. The summed E-state index contributed by atoms with van der Waals surface area (Å²) in [6.07, 6.45) is -4.39. The Morgan fingerprint density at radius 1 is 1.00 bits per heavy atom. The maximum Gasteiger partial charge on any atom is 0.416 e. The third-order valence-corrected chi connectivity index (χ3v) is 3.00. The van der Waals surface area contributed by atoms with Crippen molar-refractivity contribution >= 4 is 28.7 Å². The van der Waals surface area contributed by atoms with E-state index in [1.165, 1.54) is 12.1 Å². The van der Waals surface area contributed by atoms with Crippen LogP contribution < -0.4 is 15.4 Å². The SMILES string of the molecule is COc1ccc(NC(=S)Nc2cccc(C(F)(F)F)c2)cc1. The molecule has 0 atom stereocenters. The highest BCUT2D eigenvalue weighted by Gasteiger charge is 2.30. The fraction of sp³-hybridized carbons (Fsp3) is 0.133. The lowest BCUT2D eigenvalue weighted by molar-refractivity contribution is -0.137. The fourth-order valence-electron chi connectivity index (χ4n) is 1.74. The second-order valence-electron chi connectivity index (χ2n) is 4.39. The molecular formula is C15H13F3N2OS. The molecular weight excluding hydrogens is 313 g/mol. The molecule has 0 heterocycles. The predicted octanol–water partition coefficient (Wildman–Crippen LogP) is 4.52. The monoisotopic (exact) mass is 326 g/mol. The van der Waals surface area contributed by atoms with Crippen LogP contribution in [0.1, 0.15) is 5.56 Å². The predicted molar refractivity (Wildman–Crippen MR) is 84.3 cm³/mol. The number of ether oxygens (including phenoxy) is 1. The minimum Gasteiger partial charge on any atom is -0.497 e. The molecule has 2 aromatic rings. The fourth-order valence-corrected chi connectivity index (χ4v) is 1.98. The number of thiocarbonyl (C=S) groups is 1. The summed E-state index contributed by atoms with van der Waals surface area (Å²) in [5, 5.41) is 5.80. The number of hydrogen-bond acceptors (Lipinski definition) is 2. The quantitative estimate of drug-likeness (QED) is 0.812. The van der Waals surface area contributed by atoms with Gasteiger partial charge in [0.25, 0.3) is 0 Å². The lowest BCUT2D eigenvalue weighted by Crippen LogP contribution is -2.19. The van der Waals surface area contributed by atoms with E-state index in [0.29, 0.717) is 11.4 Å². The highest BCUT2D eigenvalue weighted by atomic mass is 32.1. The first-order chi connectivity index (χ1) is 10.4. The van der Waals surface area contributed by atoms with Gasteiger partial charge in [-0.2, -0.15) is 13.2 Å². The lowest BCUT2D eigenvalue weighted by atomic mass is 10.2. The van der Waals surface area contributed by atoms with E-state index >= 15 is 0 Å². The summed E-state index contributed by atoms with van der Waals surface area (Å²) >= 11 is 5.08. The van der Waals surface area contributed by atoms with Gasteiger partial charge < -0.3 is 15.4 Å². The van der Waals surface area contributed by atoms with Gasteiger partial charge in [-0.05, 0) is 54.7 Å². The minimum atomic E-state index is -4.39. The molecule has 0 saturated heterocycles. The van der Waals surface area contributed by atoms with Crippen molar-refractivity contribution in [3.8, 4) is 5.75 Å². The van der Waals surface area contributed by atoms with E-state index in [4.69, 9.17) is 17.0 Å². The highest BCUT2D eigenvalue weighted by Crippen LogP contribution is 2.30. The molecule has 0 amide bonds. The molecule has 116 valence electrons. The standard InChI is InChI=1S/C15H13F3N2OS/c1-21-13-7-5-11(6-8-13)19-14(22)20-12-4-2-3-10(9-12)15(16,17)18/h2-9H,1H3,(H2,19,20,22). The van der Waals surface area contributed by atoms with Gasteiger partial charge in [-0.25, -0.2) is 0 Å². The minimum absolute atomic E-state index is 0.199. The van der Waals surface area contributed by atoms with Gasteiger partial charge in [0.15, 0.2) is 5.11 Å². The zero-order chi connectivity index (χ0) is 16.2. The Kier molecular flexibility index (Phi) is 4.87. The molecule has 0 saturated carbocycles. The molecule has 7 heteroatoms. The van der Waals surface area contributed by atoms with Crippen LogP contribution in [-0.4, -0.2) is 12.2 Å². The summed E-state index contributed by atoms with van der Waals surface area (Å²) in [6.45, 7) is 0. The average Bonchev–Trinajstić information content (AvgIpc) is 2.47. The van der Waals surface area contributed by atoms with Crippen molar-refractivity contribution in [1.29, 1.82) is 0 Å². The highest BCUT2D eigenvalue weighted by molar-refractivity contribution is 7.80. The van der Waals surface area contributed by atoms with Crippen molar-refractivity contribution in [1.82, 2.24) is 0 Å². The van der Waals surface area contributed by atoms with E-state index in [2.05, 4.69) is 10.6 Å². The summed E-state index contributed by atoms with van der Waals surface area (Å²) in [7, 11) is 1.56. The van der Waals surface area contributed by atoms with E-state index < -0.39 is 11.7 Å². The molecule has 0 bridgehead atoms. The van der Waals surface area contributed by atoms with Crippen molar-refractivity contribution in [2.45, 2.75) is 6.18 Å². The molecule has 0 aliphatic rings. The van der Waals surface area contributed by atoms with E-state index in [1.807, 2.05) is 0 Å². The van der Waals surface area contributed by atoms with E-state index in [-0.39, 0.29) is 10.8 Å². The van der Waals surface area contributed by atoms with Gasteiger partial charge in [0.2, 0.25) is 0 Å². The molecule has 0 unspecified atom stereocenters. The molecule has 3 nitrogen and oxygen atoms in total. The molecule has 0 aromatic heterocycles. The van der Waals surface area contributed by atoms with Gasteiger partial charge in [0.1, 0.15) is 5.75 Å². The molecule has 0 aliphatic carbocycles. The van der Waals surface area contributed by atoms with Crippen molar-refractivity contribution < 1.29 is 17.9 Å². The molecule has 2 aromatic carbocycles. The first-order valence-electron chi connectivity index (χ1n) is 6.28. The zero-order valence-electron chi connectivity index (χ0n) is 11.6.